The molecule has 9 rings (SSSR count). The molecule has 3 aromatic heterocycles. The van der Waals surface area contributed by atoms with Crippen molar-refractivity contribution in [1.29, 1.82) is 0 Å². The van der Waals surface area contributed by atoms with Crippen molar-refractivity contribution in [2.75, 3.05) is 11.4 Å². The fourth-order valence-corrected chi connectivity index (χ4v) is 9.37. The second-order valence-corrected chi connectivity index (χ2v) is 15.9. The molecule has 4 nitrogen and oxygen atoms in total. The number of benzene rings is 5. The highest BCUT2D eigenvalue weighted by molar-refractivity contribution is 6.25. The van der Waals surface area contributed by atoms with Crippen molar-refractivity contribution in [2.24, 2.45) is 0 Å². The molecule has 0 aliphatic carbocycles. The first-order valence-corrected chi connectivity index (χ1v) is 21.9. The van der Waals surface area contributed by atoms with Crippen LogP contribution in [0.2, 0.25) is 0 Å². The molecule has 62 heavy (non-hydrogen) atoms. The van der Waals surface area contributed by atoms with E-state index in [2.05, 4.69) is 236 Å². The van der Waals surface area contributed by atoms with Gasteiger partial charge in [-0.05, 0) is 88.3 Å². The van der Waals surface area contributed by atoms with Crippen LogP contribution in [0.5, 0.6) is 0 Å². The summed E-state index contributed by atoms with van der Waals surface area (Å²) in [6.45, 7) is 15.6. The predicted octanol–water partition coefficient (Wildman–Crippen LogP) is 16.4. The topological polar surface area (TPSA) is 18.0 Å². The quantitative estimate of drug-likeness (QED) is 0.112. The Labute approximate surface area is 365 Å². The van der Waals surface area contributed by atoms with Gasteiger partial charge in [-0.1, -0.05) is 153 Å². The third kappa shape index (κ3) is 6.82. The van der Waals surface area contributed by atoms with Gasteiger partial charge in [0.2, 0.25) is 0 Å². The number of para-hydroxylation sites is 3. The molecule has 0 spiro atoms. The van der Waals surface area contributed by atoms with Crippen LogP contribution in [0.15, 0.2) is 189 Å². The molecule has 0 saturated heterocycles. The van der Waals surface area contributed by atoms with E-state index in [1.54, 1.807) is 0 Å². The standard InChI is InChI=1S/C58H54N4/c1-7-12-14-16-26-43-40-60(45-27-17-15-18-28-45)56-48(43)36-35-47-42(25-13-8-2)39-59(55(47)56)41(6)33-34-46(24-10-4)62-54-32-22-20-30-50(54)52-38-37-51-49-29-19-21-31-53(49)61(57(51)58(52)62)44(11-5)23-9-3/h8-11,13-39H,2,7,12,40H2,1,3-6H3/b16-14-,23-9-,24-10-,25-13-,41-33+,43-26+,44-11+,46-34+. The Kier molecular flexibility index (Phi) is 11.2. The molecule has 0 N–H and O–H groups in total. The molecule has 0 unspecified atom stereocenters. The minimum absolute atomic E-state index is 0.800. The second-order valence-electron chi connectivity index (χ2n) is 15.9. The highest BCUT2D eigenvalue weighted by Crippen LogP contribution is 2.47. The van der Waals surface area contributed by atoms with E-state index < -0.39 is 0 Å². The lowest BCUT2D eigenvalue weighted by Gasteiger charge is -2.21. The van der Waals surface area contributed by atoms with E-state index >= 15 is 0 Å². The first-order valence-electron chi connectivity index (χ1n) is 21.9. The summed E-state index contributed by atoms with van der Waals surface area (Å²) in [4.78, 5) is 2.48. The van der Waals surface area contributed by atoms with Gasteiger partial charge in [-0.3, -0.25) is 0 Å². The van der Waals surface area contributed by atoms with Crippen molar-refractivity contribution in [3.63, 3.8) is 0 Å². The molecule has 0 atom stereocenters. The summed E-state index contributed by atoms with van der Waals surface area (Å²) >= 11 is 0. The zero-order valence-corrected chi connectivity index (χ0v) is 36.5. The van der Waals surface area contributed by atoms with Crippen LogP contribution in [-0.2, 0) is 0 Å². The van der Waals surface area contributed by atoms with Crippen molar-refractivity contribution < 1.29 is 0 Å². The lowest BCUT2D eigenvalue weighted by molar-refractivity contribution is 0.959. The van der Waals surface area contributed by atoms with E-state index in [0.29, 0.717) is 0 Å². The van der Waals surface area contributed by atoms with E-state index in [-0.39, 0.29) is 0 Å². The first-order chi connectivity index (χ1) is 30.5. The van der Waals surface area contributed by atoms with Crippen LogP contribution in [0.4, 0.5) is 11.4 Å². The molecular formula is C58H54N4. The molecule has 8 aromatic rings. The number of unbranched alkanes of at least 4 members (excludes halogenated alkanes) is 1. The number of allylic oxidation sites excluding steroid dienone is 15. The van der Waals surface area contributed by atoms with Crippen LogP contribution in [0.3, 0.4) is 0 Å². The van der Waals surface area contributed by atoms with Gasteiger partial charge in [-0.15, -0.1) is 0 Å². The van der Waals surface area contributed by atoms with Gasteiger partial charge in [0.1, 0.15) is 0 Å². The maximum Gasteiger partial charge on any atom is 0.0788 e. The zero-order valence-electron chi connectivity index (χ0n) is 36.5. The molecule has 4 heteroatoms. The van der Waals surface area contributed by atoms with Crippen molar-refractivity contribution in [2.45, 2.75) is 47.5 Å². The predicted molar refractivity (Wildman–Crippen MR) is 273 cm³/mol. The molecule has 0 amide bonds. The number of hydrogen-bond acceptors (Lipinski definition) is 1. The molecule has 4 heterocycles. The van der Waals surface area contributed by atoms with Crippen LogP contribution in [0, 0.1) is 0 Å². The van der Waals surface area contributed by atoms with Crippen molar-refractivity contribution in [3.05, 3.63) is 200 Å². The third-order valence-corrected chi connectivity index (χ3v) is 12.1. The maximum absolute atomic E-state index is 4.00. The van der Waals surface area contributed by atoms with Crippen LogP contribution in [0.1, 0.15) is 58.6 Å². The number of rotatable bonds is 12. The Balaban J connectivity index is 1.31. The number of fused-ring (bicyclic) bond motifs is 10. The fourth-order valence-electron chi connectivity index (χ4n) is 9.37. The van der Waals surface area contributed by atoms with E-state index in [0.717, 1.165) is 42.0 Å². The molecule has 0 saturated carbocycles. The Hall–Kier alpha value is -7.30. The van der Waals surface area contributed by atoms with Gasteiger partial charge in [0.25, 0.3) is 0 Å². The van der Waals surface area contributed by atoms with Gasteiger partial charge >= 0.3 is 0 Å². The SMILES string of the molecule is C=C/C=C\c1cn(/C(C)=C/C=C(\C=C/C)n2c3ccccc3c3ccc4c5ccccc5n(C(/C=C\C)=C/C)c4c32)c2c3c(ccc12)/C(=C/C=C\CCC)CN3c1ccccc1. The average molecular weight is 807 g/mol. The number of anilines is 2. The second kappa shape index (κ2) is 17.4. The largest absolute Gasteiger partial charge is 0.335 e. The van der Waals surface area contributed by atoms with E-state index in [4.69, 9.17) is 0 Å². The lowest BCUT2D eigenvalue weighted by atomic mass is 10.0. The molecule has 5 aromatic carbocycles. The summed E-state index contributed by atoms with van der Waals surface area (Å²) in [5.74, 6) is 0. The van der Waals surface area contributed by atoms with Gasteiger partial charge in [0, 0.05) is 73.6 Å². The van der Waals surface area contributed by atoms with Gasteiger partial charge < -0.3 is 18.6 Å². The number of nitrogens with zero attached hydrogens (tertiary/aromatic N) is 4. The molecular weight excluding hydrogens is 753 g/mol. The molecule has 0 fully saturated rings. The first kappa shape index (κ1) is 40.1. The monoisotopic (exact) mass is 806 g/mol. The van der Waals surface area contributed by atoms with Crippen LogP contribution < -0.4 is 4.90 Å². The highest BCUT2D eigenvalue weighted by atomic mass is 15.2. The minimum atomic E-state index is 0.800. The zero-order chi connectivity index (χ0) is 42.7. The van der Waals surface area contributed by atoms with Crippen LogP contribution >= 0.6 is 0 Å². The Morgan fingerprint density at radius 1 is 0.661 bits per heavy atom. The van der Waals surface area contributed by atoms with Crippen molar-refractivity contribution in [1.82, 2.24) is 13.7 Å². The third-order valence-electron chi connectivity index (χ3n) is 12.1. The highest BCUT2D eigenvalue weighted by Gasteiger charge is 2.29. The van der Waals surface area contributed by atoms with Crippen molar-refractivity contribution >= 4 is 94.6 Å². The smallest absolute Gasteiger partial charge is 0.0788 e. The molecule has 1 aliphatic rings. The van der Waals surface area contributed by atoms with E-state index in [1.807, 2.05) is 12.2 Å². The number of aromatic nitrogens is 3. The maximum atomic E-state index is 4.00. The summed E-state index contributed by atoms with van der Waals surface area (Å²) in [7, 11) is 0. The van der Waals surface area contributed by atoms with Gasteiger partial charge in [-0.2, -0.15) is 0 Å². The van der Waals surface area contributed by atoms with Gasteiger partial charge in [0.05, 0.1) is 33.3 Å². The normalized spacial score (nSPS) is 15.0. The van der Waals surface area contributed by atoms with Gasteiger partial charge in [0.15, 0.2) is 0 Å². The fraction of sp³-hybridized carbons (Fsp3) is 0.138. The summed E-state index contributed by atoms with van der Waals surface area (Å²) in [6.07, 6.45) is 32.9. The molecule has 1 aliphatic heterocycles. The molecule has 0 bridgehead atoms. The Bertz CT molecular complexity index is 3270. The van der Waals surface area contributed by atoms with Gasteiger partial charge in [-0.25, -0.2) is 0 Å². The number of hydrogen-bond donors (Lipinski definition) is 0. The summed E-state index contributed by atoms with van der Waals surface area (Å²) < 4.78 is 7.31. The minimum Gasteiger partial charge on any atom is -0.335 e. The summed E-state index contributed by atoms with van der Waals surface area (Å²) in [5, 5.41) is 6.13. The van der Waals surface area contributed by atoms with Crippen LogP contribution in [-0.4, -0.2) is 20.2 Å². The summed E-state index contributed by atoms with van der Waals surface area (Å²) in [6, 6.07) is 37.7. The van der Waals surface area contributed by atoms with E-state index in [9.17, 15) is 0 Å². The van der Waals surface area contributed by atoms with E-state index in [1.165, 1.54) is 77.0 Å². The molecule has 306 valence electrons. The van der Waals surface area contributed by atoms with Crippen LogP contribution in [0.25, 0.3) is 83.3 Å². The summed E-state index contributed by atoms with van der Waals surface area (Å²) in [5.41, 5.74) is 15.4. The van der Waals surface area contributed by atoms with Crippen molar-refractivity contribution in [3.8, 4) is 0 Å². The average Bonchev–Trinajstić information content (AvgIpc) is 4.06. The molecule has 0 radical (unpaired) electrons. The lowest BCUT2D eigenvalue weighted by Crippen LogP contribution is -2.13. The Morgan fingerprint density at radius 3 is 1.94 bits per heavy atom. The Morgan fingerprint density at radius 2 is 1.29 bits per heavy atom.